The lowest BCUT2D eigenvalue weighted by atomic mass is 10.1. The Morgan fingerprint density at radius 2 is 1.11 bits per heavy atom. The highest BCUT2D eigenvalue weighted by Gasteiger charge is 2.17. The van der Waals surface area contributed by atoms with Gasteiger partial charge in [-0.15, -0.1) is 0 Å². The van der Waals surface area contributed by atoms with Gasteiger partial charge in [-0.05, 0) is 26.0 Å². The third-order valence-electron chi connectivity index (χ3n) is 5.11. The van der Waals surface area contributed by atoms with Gasteiger partial charge >= 0.3 is 11.9 Å². The Morgan fingerprint density at radius 3 is 1.74 bits per heavy atom. The molecule has 8 nitrogen and oxygen atoms in total. The van der Waals surface area contributed by atoms with Crippen LogP contribution in [0.4, 0.5) is 0 Å². The molecule has 0 saturated carbocycles. The average Bonchev–Trinajstić information content (AvgIpc) is 2.92. The molecule has 0 fully saturated rings. The molecule has 8 heteroatoms. The van der Waals surface area contributed by atoms with E-state index in [0.717, 1.165) is 16.5 Å². The Labute approximate surface area is 222 Å². The van der Waals surface area contributed by atoms with E-state index in [0.29, 0.717) is 35.0 Å². The van der Waals surface area contributed by atoms with Gasteiger partial charge in [-0.1, -0.05) is 55.6 Å². The monoisotopic (exact) mass is 520 g/mol. The van der Waals surface area contributed by atoms with Crippen LogP contribution in [0.1, 0.15) is 13.8 Å². The van der Waals surface area contributed by atoms with Crippen LogP contribution < -0.4 is 18.9 Å². The van der Waals surface area contributed by atoms with Crippen molar-refractivity contribution >= 4 is 22.7 Å². The van der Waals surface area contributed by atoms with Crippen LogP contribution in [-0.4, -0.2) is 51.6 Å². The van der Waals surface area contributed by atoms with E-state index in [4.69, 9.17) is 28.4 Å². The van der Waals surface area contributed by atoms with Crippen LogP contribution in [0.25, 0.3) is 10.8 Å². The normalized spacial score (nSPS) is 10.4. The molecule has 0 bridgehead atoms. The minimum atomic E-state index is -0.482. The molecule has 3 aromatic carbocycles. The Balaban J connectivity index is 1.76. The zero-order chi connectivity index (χ0) is 27.3. The molecule has 0 aliphatic rings. The van der Waals surface area contributed by atoms with Crippen molar-refractivity contribution in [3.8, 4) is 23.0 Å². The van der Waals surface area contributed by atoms with Crippen molar-refractivity contribution in [3.05, 3.63) is 85.0 Å². The number of hydrogen-bond donors (Lipinski definition) is 0. The fraction of sp³-hybridized carbons (Fsp3) is 0.267. The summed E-state index contributed by atoms with van der Waals surface area (Å²) in [6.45, 7) is 11.2. The number of esters is 2. The van der Waals surface area contributed by atoms with E-state index in [1.54, 1.807) is 19.9 Å². The largest absolute Gasteiger partial charge is 0.490 e. The third-order valence-corrected chi connectivity index (χ3v) is 5.11. The summed E-state index contributed by atoms with van der Waals surface area (Å²) in [4.78, 5) is 23.4. The Hall–Kier alpha value is -4.46. The first-order chi connectivity index (χ1) is 18.4. The van der Waals surface area contributed by atoms with Gasteiger partial charge in [0.25, 0.3) is 0 Å². The molecule has 3 rings (SSSR count). The van der Waals surface area contributed by atoms with Gasteiger partial charge in [0.05, 0.1) is 0 Å². The summed E-state index contributed by atoms with van der Waals surface area (Å²) in [5.74, 6) is 1.22. The fourth-order valence-corrected chi connectivity index (χ4v) is 3.30. The summed E-state index contributed by atoms with van der Waals surface area (Å²) in [7, 11) is 0. The highest BCUT2D eigenvalue weighted by Crippen LogP contribution is 2.41. The van der Waals surface area contributed by atoms with E-state index < -0.39 is 11.9 Å². The number of para-hydroxylation sites is 1. The molecule has 0 unspecified atom stereocenters. The van der Waals surface area contributed by atoms with Crippen molar-refractivity contribution in [3.63, 3.8) is 0 Å². The number of carbonyl (C=O) groups excluding carboxylic acids is 2. The first-order valence-electron chi connectivity index (χ1n) is 12.1. The van der Waals surface area contributed by atoms with E-state index in [9.17, 15) is 9.59 Å². The fourth-order valence-electron chi connectivity index (χ4n) is 3.30. The zero-order valence-electron chi connectivity index (χ0n) is 21.7. The highest BCUT2D eigenvalue weighted by molar-refractivity contribution is 5.95. The first-order valence-corrected chi connectivity index (χ1v) is 12.1. The second-order valence-corrected chi connectivity index (χ2v) is 8.29. The summed E-state index contributed by atoms with van der Waals surface area (Å²) < 4.78 is 34.0. The van der Waals surface area contributed by atoms with Crippen LogP contribution in [0.15, 0.2) is 85.0 Å². The Morgan fingerprint density at radius 1 is 0.605 bits per heavy atom. The van der Waals surface area contributed by atoms with E-state index in [1.807, 2.05) is 54.6 Å². The summed E-state index contributed by atoms with van der Waals surface area (Å²) in [6.07, 6.45) is 0. The number of rotatable bonds is 15. The van der Waals surface area contributed by atoms with E-state index >= 15 is 0 Å². The van der Waals surface area contributed by atoms with Crippen LogP contribution in [0.5, 0.6) is 23.0 Å². The van der Waals surface area contributed by atoms with Crippen LogP contribution in [-0.2, 0) is 19.1 Å². The summed E-state index contributed by atoms with van der Waals surface area (Å²) in [6, 6.07) is 18.7. The molecule has 0 aliphatic heterocycles. The van der Waals surface area contributed by atoms with E-state index in [1.165, 1.54) is 0 Å². The minimum absolute atomic E-state index is 0.0446. The lowest BCUT2D eigenvalue weighted by Crippen LogP contribution is -2.14. The standard InChI is InChI=1S/C30H32O8/c1-21(2)29(31)37-18-16-34-26-20-27(35-15-14-33-23-10-6-5-7-11-23)28(25-13-9-8-12-24(25)26)36-17-19-38-30(32)22(3)4/h5-13,20H,1,3,14-19H2,2,4H3. The van der Waals surface area contributed by atoms with Crippen LogP contribution in [0, 0.1) is 0 Å². The van der Waals surface area contributed by atoms with Gasteiger partial charge < -0.3 is 28.4 Å². The van der Waals surface area contributed by atoms with Crippen molar-refractivity contribution in [1.29, 1.82) is 0 Å². The predicted octanol–water partition coefficient (Wildman–Crippen LogP) is 5.29. The Bertz CT molecular complexity index is 1270. The maximum atomic E-state index is 11.7. The third kappa shape index (κ3) is 8.30. The second-order valence-electron chi connectivity index (χ2n) is 8.29. The molecule has 0 amide bonds. The minimum Gasteiger partial charge on any atom is -0.490 e. The molecule has 38 heavy (non-hydrogen) atoms. The average molecular weight is 521 g/mol. The van der Waals surface area contributed by atoms with Gasteiger partial charge in [0.1, 0.15) is 51.1 Å². The number of hydrogen-bond acceptors (Lipinski definition) is 8. The maximum absolute atomic E-state index is 11.7. The van der Waals surface area contributed by atoms with Crippen molar-refractivity contribution in [2.75, 3.05) is 39.6 Å². The van der Waals surface area contributed by atoms with E-state index in [2.05, 4.69) is 13.2 Å². The van der Waals surface area contributed by atoms with Gasteiger partial charge in [-0.2, -0.15) is 0 Å². The highest BCUT2D eigenvalue weighted by atomic mass is 16.6. The second kappa shape index (κ2) is 14.3. The summed E-state index contributed by atoms with van der Waals surface area (Å²) >= 11 is 0. The lowest BCUT2D eigenvalue weighted by molar-refractivity contribution is -0.140. The molecule has 0 spiro atoms. The number of fused-ring (bicyclic) bond motifs is 1. The molecule has 0 aliphatic carbocycles. The molecule has 0 N–H and O–H groups in total. The molecule has 0 heterocycles. The first kappa shape index (κ1) is 28.1. The van der Waals surface area contributed by atoms with Crippen LogP contribution >= 0.6 is 0 Å². The van der Waals surface area contributed by atoms with Crippen molar-refractivity contribution in [2.45, 2.75) is 13.8 Å². The van der Waals surface area contributed by atoms with Gasteiger partial charge in [0.2, 0.25) is 0 Å². The summed E-state index contributed by atoms with van der Waals surface area (Å²) in [5.41, 5.74) is 0.632. The molecule has 200 valence electrons. The van der Waals surface area contributed by atoms with Gasteiger partial charge in [-0.25, -0.2) is 9.59 Å². The smallest absolute Gasteiger partial charge is 0.333 e. The number of carbonyl (C=O) groups is 2. The van der Waals surface area contributed by atoms with Crippen LogP contribution in [0.3, 0.4) is 0 Å². The summed E-state index contributed by atoms with van der Waals surface area (Å²) in [5, 5.41) is 1.52. The number of ether oxygens (including phenoxy) is 6. The number of benzene rings is 3. The lowest BCUT2D eigenvalue weighted by Gasteiger charge is -2.18. The molecular formula is C30H32O8. The van der Waals surface area contributed by atoms with Crippen LogP contribution in [0.2, 0.25) is 0 Å². The van der Waals surface area contributed by atoms with E-state index in [-0.39, 0.29) is 33.0 Å². The van der Waals surface area contributed by atoms with Gasteiger partial charge in [0, 0.05) is 28.0 Å². The molecular weight excluding hydrogens is 488 g/mol. The quantitative estimate of drug-likeness (QED) is 0.152. The maximum Gasteiger partial charge on any atom is 0.333 e. The molecule has 0 aromatic heterocycles. The SMILES string of the molecule is C=C(C)C(=O)OCCOc1cc(OCCOc2ccccc2)c(OCCOC(=O)C(=C)C)c2ccccc12. The molecule has 3 aromatic rings. The molecule has 0 saturated heterocycles. The molecule has 0 radical (unpaired) electrons. The van der Waals surface area contributed by atoms with Crippen molar-refractivity contribution in [1.82, 2.24) is 0 Å². The topological polar surface area (TPSA) is 89.5 Å². The zero-order valence-corrected chi connectivity index (χ0v) is 21.7. The van der Waals surface area contributed by atoms with Gasteiger partial charge in [0.15, 0.2) is 11.5 Å². The van der Waals surface area contributed by atoms with Crippen molar-refractivity contribution < 1.29 is 38.0 Å². The predicted molar refractivity (Wildman–Crippen MR) is 144 cm³/mol. The van der Waals surface area contributed by atoms with Gasteiger partial charge in [-0.3, -0.25) is 0 Å². The molecule has 0 atom stereocenters. The Kier molecular flexibility index (Phi) is 10.6. The van der Waals surface area contributed by atoms with Crippen molar-refractivity contribution in [2.24, 2.45) is 0 Å².